The molecule has 1 N–H and O–H groups in total. The van der Waals surface area contributed by atoms with Crippen LogP contribution >= 0.6 is 0 Å². The first-order valence-electron chi connectivity index (χ1n) is 6.93. The molecule has 1 unspecified atom stereocenters. The zero-order valence-electron chi connectivity index (χ0n) is 12.3. The highest BCUT2D eigenvalue weighted by Crippen LogP contribution is 2.23. The SMILES string of the molecule is CCCNC(Cc1cc(C)ccc1[N+](=O)[O-])C(C)C. The molecule has 0 amide bonds. The molecule has 1 rings (SSSR count). The van der Waals surface area contributed by atoms with Gasteiger partial charge in [-0.25, -0.2) is 0 Å². The van der Waals surface area contributed by atoms with E-state index in [9.17, 15) is 10.1 Å². The minimum absolute atomic E-state index is 0.231. The van der Waals surface area contributed by atoms with Gasteiger partial charge in [-0.2, -0.15) is 0 Å². The summed E-state index contributed by atoms with van der Waals surface area (Å²) in [5, 5.41) is 14.6. The molecule has 4 nitrogen and oxygen atoms in total. The minimum Gasteiger partial charge on any atom is -0.313 e. The number of hydrogen-bond donors (Lipinski definition) is 1. The lowest BCUT2D eigenvalue weighted by Crippen LogP contribution is -2.36. The number of nitrogens with one attached hydrogen (secondary N) is 1. The largest absolute Gasteiger partial charge is 0.313 e. The lowest BCUT2D eigenvalue weighted by molar-refractivity contribution is -0.385. The number of nitro benzene ring substituents is 1. The first kappa shape index (κ1) is 15.6. The summed E-state index contributed by atoms with van der Waals surface area (Å²) in [6.45, 7) is 9.34. The van der Waals surface area contributed by atoms with Gasteiger partial charge >= 0.3 is 0 Å². The molecule has 0 aliphatic heterocycles. The van der Waals surface area contributed by atoms with Crippen LogP contribution in [-0.4, -0.2) is 17.5 Å². The number of nitro groups is 1. The van der Waals surface area contributed by atoms with E-state index in [0.717, 1.165) is 24.1 Å². The van der Waals surface area contributed by atoms with Crippen molar-refractivity contribution in [1.29, 1.82) is 0 Å². The summed E-state index contributed by atoms with van der Waals surface area (Å²) in [6.07, 6.45) is 1.77. The number of benzene rings is 1. The van der Waals surface area contributed by atoms with E-state index in [1.54, 1.807) is 12.1 Å². The maximum absolute atomic E-state index is 11.1. The maximum atomic E-state index is 11.1. The molecule has 1 aromatic rings. The molecule has 1 atom stereocenters. The maximum Gasteiger partial charge on any atom is 0.272 e. The van der Waals surface area contributed by atoms with Gasteiger partial charge in [-0.05, 0) is 38.3 Å². The molecule has 0 aliphatic carbocycles. The lowest BCUT2D eigenvalue weighted by atomic mass is 9.94. The van der Waals surface area contributed by atoms with Gasteiger partial charge in [0.15, 0.2) is 0 Å². The van der Waals surface area contributed by atoms with Crippen molar-refractivity contribution in [2.75, 3.05) is 6.54 Å². The Bertz CT molecular complexity index is 430. The van der Waals surface area contributed by atoms with E-state index < -0.39 is 0 Å². The van der Waals surface area contributed by atoms with Crippen molar-refractivity contribution >= 4 is 5.69 Å². The zero-order chi connectivity index (χ0) is 14.4. The lowest BCUT2D eigenvalue weighted by Gasteiger charge is -2.22. The highest BCUT2D eigenvalue weighted by Gasteiger charge is 2.19. The van der Waals surface area contributed by atoms with E-state index in [2.05, 4.69) is 26.1 Å². The van der Waals surface area contributed by atoms with Gasteiger partial charge in [-0.1, -0.05) is 32.4 Å². The van der Waals surface area contributed by atoms with Crippen molar-refractivity contribution in [2.45, 2.75) is 46.6 Å². The molecule has 0 radical (unpaired) electrons. The fourth-order valence-electron chi connectivity index (χ4n) is 2.17. The van der Waals surface area contributed by atoms with Crippen LogP contribution in [0.25, 0.3) is 0 Å². The second kappa shape index (κ2) is 7.24. The number of aryl methyl sites for hydroxylation is 1. The van der Waals surface area contributed by atoms with Crippen LogP contribution in [0.1, 0.15) is 38.3 Å². The van der Waals surface area contributed by atoms with E-state index in [4.69, 9.17) is 0 Å². The van der Waals surface area contributed by atoms with E-state index in [0.29, 0.717) is 12.3 Å². The summed E-state index contributed by atoms with van der Waals surface area (Å²) in [7, 11) is 0. The Morgan fingerprint density at radius 2 is 2.05 bits per heavy atom. The van der Waals surface area contributed by atoms with Crippen LogP contribution in [0, 0.1) is 23.0 Å². The normalized spacial score (nSPS) is 12.7. The molecule has 0 saturated carbocycles. The molecule has 0 heterocycles. The molecule has 4 heteroatoms. The third-order valence-corrected chi connectivity index (χ3v) is 3.33. The van der Waals surface area contributed by atoms with Gasteiger partial charge in [-0.15, -0.1) is 0 Å². The highest BCUT2D eigenvalue weighted by molar-refractivity contribution is 5.43. The summed E-state index contributed by atoms with van der Waals surface area (Å²) >= 11 is 0. The molecule has 0 aromatic heterocycles. The first-order valence-corrected chi connectivity index (χ1v) is 6.93. The van der Waals surface area contributed by atoms with Crippen molar-refractivity contribution in [3.63, 3.8) is 0 Å². The molecule has 0 spiro atoms. The van der Waals surface area contributed by atoms with Gasteiger partial charge in [0, 0.05) is 17.7 Å². The minimum atomic E-state index is -0.286. The Morgan fingerprint density at radius 3 is 2.58 bits per heavy atom. The molecular weight excluding hydrogens is 240 g/mol. The van der Waals surface area contributed by atoms with E-state index in [1.165, 1.54) is 0 Å². The van der Waals surface area contributed by atoms with Crippen LogP contribution in [-0.2, 0) is 6.42 Å². The fourth-order valence-corrected chi connectivity index (χ4v) is 2.17. The molecule has 106 valence electrons. The van der Waals surface area contributed by atoms with Gasteiger partial charge < -0.3 is 5.32 Å². The molecular formula is C15H24N2O2. The van der Waals surface area contributed by atoms with Crippen LogP contribution in [0.3, 0.4) is 0 Å². The first-order chi connectivity index (χ1) is 8.95. The van der Waals surface area contributed by atoms with Crippen molar-refractivity contribution < 1.29 is 4.92 Å². The van der Waals surface area contributed by atoms with Gasteiger partial charge in [0.1, 0.15) is 0 Å². The Hall–Kier alpha value is -1.42. The Morgan fingerprint density at radius 1 is 1.37 bits per heavy atom. The van der Waals surface area contributed by atoms with E-state index >= 15 is 0 Å². The summed E-state index contributed by atoms with van der Waals surface area (Å²) in [5.74, 6) is 0.451. The summed E-state index contributed by atoms with van der Waals surface area (Å²) in [4.78, 5) is 10.8. The number of nitrogens with zero attached hydrogens (tertiary/aromatic N) is 1. The van der Waals surface area contributed by atoms with Gasteiger partial charge in [-0.3, -0.25) is 10.1 Å². The van der Waals surface area contributed by atoms with Crippen LogP contribution in [0.15, 0.2) is 18.2 Å². The Labute approximate surface area is 115 Å². The topological polar surface area (TPSA) is 55.2 Å². The van der Waals surface area contributed by atoms with Crippen LogP contribution in [0.2, 0.25) is 0 Å². The van der Waals surface area contributed by atoms with Gasteiger partial charge in [0.25, 0.3) is 5.69 Å². The third kappa shape index (κ3) is 4.63. The number of hydrogen-bond acceptors (Lipinski definition) is 3. The predicted octanol–water partition coefficient (Wildman–Crippen LogP) is 3.47. The Kier molecular flexibility index (Phi) is 5.96. The van der Waals surface area contributed by atoms with Crippen LogP contribution in [0.5, 0.6) is 0 Å². The number of rotatable bonds is 7. The molecule has 0 aliphatic rings. The van der Waals surface area contributed by atoms with Crippen LogP contribution in [0.4, 0.5) is 5.69 Å². The quantitative estimate of drug-likeness (QED) is 0.606. The molecule has 0 saturated heterocycles. The van der Waals surface area contributed by atoms with Gasteiger partial charge in [0.2, 0.25) is 0 Å². The van der Waals surface area contributed by atoms with E-state index in [-0.39, 0.29) is 16.7 Å². The Balaban J connectivity index is 2.94. The molecule has 0 fully saturated rings. The monoisotopic (exact) mass is 264 g/mol. The molecule has 19 heavy (non-hydrogen) atoms. The third-order valence-electron chi connectivity index (χ3n) is 3.33. The summed E-state index contributed by atoms with van der Waals surface area (Å²) < 4.78 is 0. The average molecular weight is 264 g/mol. The van der Waals surface area contributed by atoms with Crippen molar-refractivity contribution in [2.24, 2.45) is 5.92 Å². The highest BCUT2D eigenvalue weighted by atomic mass is 16.6. The molecule has 1 aromatic carbocycles. The predicted molar refractivity (Wildman–Crippen MR) is 78.5 cm³/mol. The average Bonchev–Trinajstić information content (AvgIpc) is 2.33. The van der Waals surface area contributed by atoms with Crippen molar-refractivity contribution in [1.82, 2.24) is 5.32 Å². The van der Waals surface area contributed by atoms with Crippen molar-refractivity contribution in [3.05, 3.63) is 39.4 Å². The standard InChI is InChI=1S/C15H24N2O2/c1-5-8-16-14(11(2)3)10-13-9-12(4)6-7-15(13)17(18)19/h6-7,9,11,14,16H,5,8,10H2,1-4H3. The summed E-state index contributed by atoms with van der Waals surface area (Å²) in [6, 6.07) is 5.62. The van der Waals surface area contributed by atoms with Crippen molar-refractivity contribution in [3.8, 4) is 0 Å². The van der Waals surface area contributed by atoms with E-state index in [1.807, 2.05) is 13.0 Å². The summed E-state index contributed by atoms with van der Waals surface area (Å²) in [5.41, 5.74) is 2.13. The van der Waals surface area contributed by atoms with Gasteiger partial charge in [0.05, 0.1) is 4.92 Å². The fraction of sp³-hybridized carbons (Fsp3) is 0.600. The second-order valence-electron chi connectivity index (χ2n) is 5.40. The second-order valence-corrected chi connectivity index (χ2v) is 5.40. The smallest absolute Gasteiger partial charge is 0.272 e. The molecule has 0 bridgehead atoms. The zero-order valence-corrected chi connectivity index (χ0v) is 12.3. The van der Waals surface area contributed by atoms with Crippen LogP contribution < -0.4 is 5.32 Å².